The number of nitriles is 1. The summed E-state index contributed by atoms with van der Waals surface area (Å²) in [7, 11) is 0. The molecule has 0 spiro atoms. The van der Waals surface area contributed by atoms with E-state index in [2.05, 4.69) is 20.9 Å². The second-order valence-corrected chi connectivity index (χ2v) is 6.36. The van der Waals surface area contributed by atoms with Crippen molar-refractivity contribution in [1.82, 2.24) is 4.98 Å². The maximum Gasteiger partial charge on any atom is 0.340 e. The minimum Gasteiger partial charge on any atom is -0.358 e. The van der Waals surface area contributed by atoms with E-state index in [-0.39, 0.29) is 10.0 Å². The maximum atomic E-state index is 11.0. The first kappa shape index (κ1) is 16.2. The standard InChI is InChI=1S/C12H6BrCl2N3O2S/c1-21-5-2-7(14)9(8(15)3-5)11-10(13)6(4-16)12(17-11)18(19)20/h2-3,17H,1H3. The van der Waals surface area contributed by atoms with Crippen LogP contribution in [0, 0.1) is 21.4 Å². The van der Waals surface area contributed by atoms with Gasteiger partial charge in [-0.3, -0.25) is 0 Å². The van der Waals surface area contributed by atoms with E-state index in [1.54, 1.807) is 18.2 Å². The van der Waals surface area contributed by atoms with Crippen molar-refractivity contribution in [2.75, 3.05) is 6.26 Å². The first-order valence-electron chi connectivity index (χ1n) is 5.40. The van der Waals surface area contributed by atoms with Gasteiger partial charge in [0.2, 0.25) is 0 Å². The van der Waals surface area contributed by atoms with Crippen molar-refractivity contribution in [1.29, 1.82) is 5.26 Å². The summed E-state index contributed by atoms with van der Waals surface area (Å²) < 4.78 is 0.261. The third kappa shape index (κ3) is 2.90. The first-order valence-corrected chi connectivity index (χ1v) is 8.17. The van der Waals surface area contributed by atoms with Gasteiger partial charge in [-0.2, -0.15) is 5.26 Å². The SMILES string of the molecule is CSc1cc(Cl)c(-c2[nH]c([N+](=O)[O-])c(C#N)c2Br)c(Cl)c1. The van der Waals surface area contributed by atoms with Gasteiger partial charge in [-0.15, -0.1) is 11.8 Å². The van der Waals surface area contributed by atoms with E-state index in [1.165, 1.54) is 11.8 Å². The number of nitro groups is 1. The topological polar surface area (TPSA) is 82.7 Å². The Bertz CT molecular complexity index is 763. The van der Waals surface area contributed by atoms with E-state index in [1.807, 2.05) is 6.26 Å². The van der Waals surface area contributed by atoms with Crippen molar-refractivity contribution in [2.45, 2.75) is 4.90 Å². The zero-order valence-electron chi connectivity index (χ0n) is 10.4. The third-order valence-electron chi connectivity index (χ3n) is 2.71. The molecule has 1 N–H and O–H groups in total. The Labute approximate surface area is 142 Å². The lowest BCUT2D eigenvalue weighted by molar-refractivity contribution is -0.389. The van der Waals surface area contributed by atoms with Crippen molar-refractivity contribution >= 4 is 56.7 Å². The molecule has 2 rings (SSSR count). The summed E-state index contributed by atoms with van der Waals surface area (Å²) in [5.41, 5.74) is 0.615. The molecule has 1 aromatic heterocycles. The molecule has 1 aromatic carbocycles. The number of thioether (sulfide) groups is 1. The fraction of sp³-hybridized carbons (Fsp3) is 0.0833. The van der Waals surface area contributed by atoms with Crippen LogP contribution in [0.25, 0.3) is 11.3 Å². The van der Waals surface area contributed by atoms with Crippen LogP contribution in [-0.2, 0) is 0 Å². The molecule has 0 amide bonds. The Hall–Kier alpha value is -1.20. The van der Waals surface area contributed by atoms with Gasteiger partial charge < -0.3 is 10.1 Å². The van der Waals surface area contributed by atoms with Gasteiger partial charge in [0.15, 0.2) is 11.3 Å². The molecular formula is C12H6BrCl2N3O2S. The highest BCUT2D eigenvalue weighted by Gasteiger charge is 2.27. The van der Waals surface area contributed by atoms with E-state index in [0.717, 1.165) is 4.90 Å². The van der Waals surface area contributed by atoms with E-state index < -0.39 is 10.7 Å². The van der Waals surface area contributed by atoms with Crippen LogP contribution in [-0.4, -0.2) is 16.2 Å². The molecule has 0 aliphatic carbocycles. The van der Waals surface area contributed by atoms with Crippen LogP contribution in [0.1, 0.15) is 5.56 Å². The Morgan fingerprint density at radius 2 is 2.00 bits per heavy atom. The van der Waals surface area contributed by atoms with E-state index in [0.29, 0.717) is 21.3 Å². The van der Waals surface area contributed by atoms with Gasteiger partial charge in [0.25, 0.3) is 0 Å². The van der Waals surface area contributed by atoms with Crippen LogP contribution in [0.15, 0.2) is 21.5 Å². The van der Waals surface area contributed by atoms with Crippen LogP contribution in [0.2, 0.25) is 10.0 Å². The molecule has 0 aliphatic heterocycles. The fourth-order valence-electron chi connectivity index (χ4n) is 1.78. The third-order valence-corrected chi connectivity index (χ3v) is 4.81. The molecular weight excluding hydrogens is 401 g/mol. The van der Waals surface area contributed by atoms with E-state index in [9.17, 15) is 10.1 Å². The Morgan fingerprint density at radius 1 is 1.43 bits per heavy atom. The molecule has 0 fully saturated rings. The molecule has 5 nitrogen and oxygen atoms in total. The summed E-state index contributed by atoms with van der Waals surface area (Å²) in [6.07, 6.45) is 1.88. The maximum absolute atomic E-state index is 11.0. The number of hydrogen-bond acceptors (Lipinski definition) is 4. The lowest BCUT2D eigenvalue weighted by Gasteiger charge is -2.06. The first-order chi connectivity index (χ1) is 9.90. The number of H-pyrrole nitrogens is 1. The van der Waals surface area contributed by atoms with Crippen molar-refractivity contribution < 1.29 is 4.92 Å². The molecule has 0 atom stereocenters. The van der Waals surface area contributed by atoms with Gasteiger partial charge in [0, 0.05) is 4.90 Å². The van der Waals surface area contributed by atoms with Gasteiger partial charge >= 0.3 is 5.82 Å². The van der Waals surface area contributed by atoms with Crippen molar-refractivity contribution in [3.8, 4) is 17.3 Å². The molecule has 0 aliphatic rings. The highest BCUT2D eigenvalue weighted by molar-refractivity contribution is 9.10. The molecule has 21 heavy (non-hydrogen) atoms. The van der Waals surface area contributed by atoms with Crippen LogP contribution in [0.3, 0.4) is 0 Å². The summed E-state index contributed by atoms with van der Waals surface area (Å²) >= 11 is 17.1. The lowest BCUT2D eigenvalue weighted by atomic mass is 10.1. The minimum atomic E-state index is -0.662. The predicted octanol–water partition coefficient (Wildman–Crippen LogP) is 5.25. The zero-order chi connectivity index (χ0) is 15.7. The van der Waals surface area contributed by atoms with Crippen LogP contribution in [0.4, 0.5) is 5.82 Å². The average Bonchev–Trinajstić information content (AvgIpc) is 2.75. The van der Waals surface area contributed by atoms with E-state index in [4.69, 9.17) is 28.5 Å². The number of aromatic amines is 1. The normalized spacial score (nSPS) is 10.4. The summed E-state index contributed by atoms with van der Waals surface area (Å²) in [4.78, 5) is 13.8. The van der Waals surface area contributed by atoms with Gasteiger partial charge in [-0.1, -0.05) is 23.2 Å². The quantitative estimate of drug-likeness (QED) is 0.428. The number of hydrogen-bond donors (Lipinski definition) is 1. The summed E-state index contributed by atoms with van der Waals surface area (Å²) in [6.45, 7) is 0. The van der Waals surface area contributed by atoms with Gasteiger partial charge in [0.1, 0.15) is 6.07 Å². The smallest absolute Gasteiger partial charge is 0.340 e. The van der Waals surface area contributed by atoms with E-state index >= 15 is 0 Å². The summed E-state index contributed by atoms with van der Waals surface area (Å²) in [5, 5.41) is 20.7. The molecule has 1 heterocycles. The van der Waals surface area contributed by atoms with Crippen molar-refractivity contribution in [2.24, 2.45) is 0 Å². The van der Waals surface area contributed by atoms with Crippen LogP contribution < -0.4 is 0 Å². The predicted molar refractivity (Wildman–Crippen MR) is 87.1 cm³/mol. The molecule has 0 radical (unpaired) electrons. The van der Waals surface area contributed by atoms with Crippen molar-refractivity contribution in [3.05, 3.63) is 42.3 Å². The Morgan fingerprint density at radius 3 is 2.38 bits per heavy atom. The van der Waals surface area contributed by atoms with Crippen molar-refractivity contribution in [3.63, 3.8) is 0 Å². The van der Waals surface area contributed by atoms with Gasteiger partial charge in [-0.05, 0) is 39.2 Å². The molecule has 108 valence electrons. The molecule has 0 saturated heterocycles. The minimum absolute atomic E-state index is 0.101. The molecule has 0 saturated carbocycles. The fourth-order valence-corrected chi connectivity index (χ4v) is 3.63. The highest BCUT2D eigenvalue weighted by atomic mass is 79.9. The molecule has 9 heteroatoms. The lowest BCUT2D eigenvalue weighted by Crippen LogP contribution is -1.90. The number of aromatic nitrogens is 1. The second-order valence-electron chi connectivity index (χ2n) is 3.87. The Kier molecular flexibility index (Phi) is 4.84. The molecule has 0 bridgehead atoms. The van der Waals surface area contributed by atoms with Gasteiger partial charge in [-0.25, -0.2) is 4.98 Å². The monoisotopic (exact) mass is 405 g/mol. The average molecular weight is 407 g/mol. The second kappa shape index (κ2) is 6.28. The number of benzene rings is 1. The summed E-state index contributed by atoms with van der Waals surface area (Å²) in [5.74, 6) is -0.402. The summed E-state index contributed by atoms with van der Waals surface area (Å²) in [6, 6.07) is 5.20. The largest absolute Gasteiger partial charge is 0.358 e. The number of nitrogens with one attached hydrogen (secondary N) is 1. The zero-order valence-corrected chi connectivity index (χ0v) is 14.3. The number of halogens is 3. The molecule has 2 aromatic rings. The van der Waals surface area contributed by atoms with Gasteiger partial charge in [0.05, 0.1) is 20.1 Å². The van der Waals surface area contributed by atoms with Crippen LogP contribution >= 0.6 is 50.9 Å². The highest BCUT2D eigenvalue weighted by Crippen LogP contribution is 2.43. The number of nitrogens with zero attached hydrogens (tertiary/aromatic N) is 2. The van der Waals surface area contributed by atoms with Crippen LogP contribution in [0.5, 0.6) is 0 Å². The Balaban J connectivity index is 2.75. The molecule has 0 unspecified atom stereocenters. The number of rotatable bonds is 3.